The van der Waals surface area contributed by atoms with Crippen LogP contribution in [0.4, 0.5) is 0 Å². The van der Waals surface area contributed by atoms with Gasteiger partial charge in [0, 0.05) is 61.4 Å². The van der Waals surface area contributed by atoms with Crippen molar-refractivity contribution in [1.82, 2.24) is 19.9 Å². The molecule has 0 fully saturated rings. The van der Waals surface area contributed by atoms with E-state index in [1.54, 1.807) is 6.20 Å². The Morgan fingerprint density at radius 3 is 1.58 bits per heavy atom. The Kier molecular flexibility index (Phi) is 6.79. The van der Waals surface area contributed by atoms with Gasteiger partial charge in [-0.15, -0.1) is 0 Å². The minimum Gasteiger partial charge on any atom is -0.456 e. The quantitative estimate of drug-likeness (QED) is 0.174. The zero-order valence-electron chi connectivity index (χ0n) is 30.2. The summed E-state index contributed by atoms with van der Waals surface area (Å²) in [5.41, 5.74) is 11.2. The van der Waals surface area contributed by atoms with Crippen LogP contribution < -0.4 is 0 Å². The lowest BCUT2D eigenvalue weighted by molar-refractivity contribution is 0.668. The van der Waals surface area contributed by atoms with E-state index >= 15 is 0 Å². The van der Waals surface area contributed by atoms with Gasteiger partial charge in [-0.2, -0.15) is 0 Å². The molecule has 0 aliphatic carbocycles. The number of hydrogen-bond acceptors (Lipinski definition) is 7. The molecule has 0 aliphatic heterocycles. The zero-order chi connectivity index (χ0) is 37.5. The largest absolute Gasteiger partial charge is 0.456 e. The van der Waals surface area contributed by atoms with E-state index in [0.29, 0.717) is 23.1 Å². The van der Waals surface area contributed by atoms with E-state index in [1.165, 1.54) is 0 Å². The molecule has 0 aliphatic rings. The highest BCUT2D eigenvalue weighted by molar-refractivity contribution is 6.17. The molecule has 5 aromatic heterocycles. The molecular formula is C50H28N4O3. The molecule has 0 bridgehead atoms. The van der Waals surface area contributed by atoms with Gasteiger partial charge in [-0.05, 0) is 77.4 Å². The first-order valence-corrected chi connectivity index (χ1v) is 18.8. The first-order valence-electron chi connectivity index (χ1n) is 18.8. The molecule has 0 amide bonds. The fraction of sp³-hybridized carbons (Fsp3) is 0. The molecule has 5 heterocycles. The normalized spacial score (nSPS) is 11.9. The van der Waals surface area contributed by atoms with Crippen LogP contribution in [-0.2, 0) is 0 Å². The molecule has 0 unspecified atom stereocenters. The van der Waals surface area contributed by atoms with Gasteiger partial charge in [-0.1, -0.05) is 97.1 Å². The molecule has 0 spiro atoms. The lowest BCUT2D eigenvalue weighted by Crippen LogP contribution is -2.00. The highest BCUT2D eigenvalue weighted by atomic mass is 16.3. The van der Waals surface area contributed by atoms with Gasteiger partial charge in [0.05, 0.1) is 5.56 Å². The van der Waals surface area contributed by atoms with Gasteiger partial charge in [-0.25, -0.2) is 15.0 Å². The Morgan fingerprint density at radius 1 is 0.333 bits per heavy atom. The highest BCUT2D eigenvalue weighted by Crippen LogP contribution is 2.43. The lowest BCUT2D eigenvalue weighted by atomic mass is 9.96. The third kappa shape index (κ3) is 5.06. The number of pyridine rings is 1. The maximum Gasteiger partial charge on any atom is 0.167 e. The number of aromatic nitrogens is 4. The number of hydrogen-bond donors (Lipinski definition) is 0. The summed E-state index contributed by atoms with van der Waals surface area (Å²) in [7, 11) is 0. The summed E-state index contributed by atoms with van der Waals surface area (Å²) in [5, 5.41) is 6.26. The molecule has 57 heavy (non-hydrogen) atoms. The van der Waals surface area contributed by atoms with Gasteiger partial charge in [0.1, 0.15) is 33.5 Å². The van der Waals surface area contributed by atoms with E-state index in [4.69, 9.17) is 28.2 Å². The summed E-state index contributed by atoms with van der Waals surface area (Å²) in [6.45, 7) is 0. The van der Waals surface area contributed by atoms with Crippen LogP contribution in [0.25, 0.3) is 122 Å². The fourth-order valence-electron chi connectivity index (χ4n) is 8.13. The summed E-state index contributed by atoms with van der Waals surface area (Å²) < 4.78 is 19.4. The third-order valence-corrected chi connectivity index (χ3v) is 10.8. The predicted octanol–water partition coefficient (Wildman–Crippen LogP) is 13.3. The second-order valence-electron chi connectivity index (χ2n) is 14.2. The molecule has 0 atom stereocenters. The fourth-order valence-corrected chi connectivity index (χ4v) is 8.13. The SMILES string of the molecule is c1cncc(-c2cccc(-c3nc(-c4ccc5c(c4)oc4ccccc45)nc(-c4ccc(-c5ccc6c(c5)oc5ccccc56)c5c4oc4ccccc45)n3)c2)c1. The van der Waals surface area contributed by atoms with E-state index in [-0.39, 0.29) is 0 Å². The second-order valence-corrected chi connectivity index (χ2v) is 14.2. The van der Waals surface area contributed by atoms with E-state index in [1.807, 2.05) is 97.2 Å². The topological polar surface area (TPSA) is 91.0 Å². The molecule has 266 valence electrons. The van der Waals surface area contributed by atoms with Gasteiger partial charge < -0.3 is 13.3 Å². The number of para-hydroxylation sites is 3. The Labute approximate surface area is 324 Å². The molecule has 12 rings (SSSR count). The Balaban J connectivity index is 1.08. The van der Waals surface area contributed by atoms with Gasteiger partial charge in [-0.3, -0.25) is 4.98 Å². The number of benzene rings is 7. The first-order chi connectivity index (χ1) is 28.2. The van der Waals surface area contributed by atoms with Crippen molar-refractivity contribution in [2.24, 2.45) is 0 Å². The summed E-state index contributed by atoms with van der Waals surface area (Å²) in [6, 6.07) is 53.3. The molecule has 0 saturated heterocycles. The molecule has 7 heteroatoms. The van der Waals surface area contributed by atoms with Crippen molar-refractivity contribution in [2.45, 2.75) is 0 Å². The average molecular weight is 733 g/mol. The summed E-state index contributed by atoms with van der Waals surface area (Å²) >= 11 is 0. The van der Waals surface area contributed by atoms with Crippen molar-refractivity contribution in [2.75, 3.05) is 0 Å². The maximum absolute atomic E-state index is 6.75. The second kappa shape index (κ2) is 12.3. The number of rotatable bonds is 5. The predicted molar refractivity (Wildman–Crippen MR) is 227 cm³/mol. The van der Waals surface area contributed by atoms with Crippen LogP contribution in [0.1, 0.15) is 0 Å². The summed E-state index contributed by atoms with van der Waals surface area (Å²) in [4.78, 5) is 19.8. The zero-order valence-corrected chi connectivity index (χ0v) is 30.2. The van der Waals surface area contributed by atoms with Crippen molar-refractivity contribution in [3.63, 3.8) is 0 Å². The molecule has 7 nitrogen and oxygen atoms in total. The van der Waals surface area contributed by atoms with Gasteiger partial charge in [0.2, 0.25) is 0 Å². The van der Waals surface area contributed by atoms with Gasteiger partial charge in [0.15, 0.2) is 17.5 Å². The van der Waals surface area contributed by atoms with Crippen LogP contribution >= 0.6 is 0 Å². The van der Waals surface area contributed by atoms with Gasteiger partial charge in [0.25, 0.3) is 0 Å². The van der Waals surface area contributed by atoms with Crippen molar-refractivity contribution >= 4 is 65.8 Å². The van der Waals surface area contributed by atoms with Crippen LogP contribution in [0.15, 0.2) is 183 Å². The molecule has 7 aromatic carbocycles. The van der Waals surface area contributed by atoms with Crippen molar-refractivity contribution < 1.29 is 13.3 Å². The van der Waals surface area contributed by atoms with E-state index < -0.39 is 0 Å². The number of fused-ring (bicyclic) bond motifs is 9. The van der Waals surface area contributed by atoms with Crippen molar-refractivity contribution in [3.8, 4) is 56.4 Å². The van der Waals surface area contributed by atoms with Crippen molar-refractivity contribution in [1.29, 1.82) is 0 Å². The molecule has 12 aromatic rings. The van der Waals surface area contributed by atoms with Crippen molar-refractivity contribution in [3.05, 3.63) is 170 Å². The molecular weight excluding hydrogens is 705 g/mol. The van der Waals surface area contributed by atoms with Crippen LogP contribution in [-0.4, -0.2) is 19.9 Å². The lowest BCUT2D eigenvalue weighted by Gasteiger charge is -2.11. The smallest absolute Gasteiger partial charge is 0.167 e. The van der Waals surface area contributed by atoms with Crippen LogP contribution in [0.5, 0.6) is 0 Å². The Morgan fingerprint density at radius 2 is 0.877 bits per heavy atom. The summed E-state index contributed by atoms with van der Waals surface area (Å²) in [6.07, 6.45) is 3.63. The highest BCUT2D eigenvalue weighted by Gasteiger charge is 2.22. The standard InChI is InChI=1S/C50H28N4O3/c1-4-15-41-35(12-1)37-20-18-30(26-44(37)55-41)34-22-23-40(47-46(34)39-14-3-6-17-43(39)57-47)50-53-48(31-10-7-9-29(25-31)33-11-8-24-51-28-33)52-49(54-50)32-19-21-38-36-13-2-5-16-42(36)56-45(38)27-32/h1-28H. The Bertz CT molecular complexity index is 3540. The van der Waals surface area contributed by atoms with E-state index in [0.717, 1.165) is 99.2 Å². The van der Waals surface area contributed by atoms with Crippen LogP contribution in [0.3, 0.4) is 0 Å². The minimum absolute atomic E-state index is 0.495. The average Bonchev–Trinajstić information content (AvgIpc) is 3.97. The van der Waals surface area contributed by atoms with E-state index in [9.17, 15) is 0 Å². The monoisotopic (exact) mass is 732 g/mol. The van der Waals surface area contributed by atoms with Crippen LogP contribution in [0, 0.1) is 0 Å². The van der Waals surface area contributed by atoms with E-state index in [2.05, 4.69) is 71.7 Å². The minimum atomic E-state index is 0.495. The molecule has 0 N–H and O–H groups in total. The first kappa shape index (κ1) is 31.5. The maximum atomic E-state index is 6.75. The molecule has 0 radical (unpaired) electrons. The van der Waals surface area contributed by atoms with Gasteiger partial charge >= 0.3 is 0 Å². The number of furan rings is 3. The number of nitrogens with zero attached hydrogens (tertiary/aromatic N) is 4. The summed E-state index contributed by atoms with van der Waals surface area (Å²) in [5.74, 6) is 1.55. The van der Waals surface area contributed by atoms with Crippen LogP contribution in [0.2, 0.25) is 0 Å². The molecule has 0 saturated carbocycles. The Hall–Kier alpha value is -7.90. The third-order valence-electron chi connectivity index (χ3n) is 10.8.